The lowest BCUT2D eigenvalue weighted by atomic mass is 10.1. The minimum Gasteiger partial charge on any atom is -0.489 e. The quantitative estimate of drug-likeness (QED) is 0.829. The summed E-state index contributed by atoms with van der Waals surface area (Å²) >= 11 is 0. The third-order valence-corrected chi connectivity index (χ3v) is 3.77. The number of furan rings is 1. The molecular formula is C20H24N2O5. The van der Waals surface area contributed by atoms with Gasteiger partial charge in [0.15, 0.2) is 6.10 Å². The third kappa shape index (κ3) is 5.51. The number of ether oxygens (including phenoxy) is 2. The molecule has 1 atom stereocenters. The molecule has 0 saturated heterocycles. The molecule has 3 rings (SSSR count). The molecule has 1 aliphatic rings. The van der Waals surface area contributed by atoms with Crippen molar-refractivity contribution in [3.8, 4) is 16.9 Å². The molecule has 0 spiro atoms. The highest BCUT2D eigenvalue weighted by Gasteiger charge is 2.23. The van der Waals surface area contributed by atoms with Crippen LogP contribution in [-0.2, 0) is 9.57 Å². The van der Waals surface area contributed by atoms with Crippen LogP contribution >= 0.6 is 0 Å². The van der Waals surface area contributed by atoms with Crippen molar-refractivity contribution in [3.05, 3.63) is 42.9 Å². The topological polar surface area (TPSA) is 82.3 Å². The van der Waals surface area contributed by atoms with E-state index in [1.165, 1.54) is 0 Å². The number of nitrogens with zero attached hydrogens (tertiary/aromatic N) is 1. The molecule has 1 aromatic heterocycles. The molecule has 7 nitrogen and oxygen atoms in total. The first-order valence-electron chi connectivity index (χ1n) is 8.83. The van der Waals surface area contributed by atoms with Crippen LogP contribution in [0.25, 0.3) is 11.1 Å². The SMILES string of the molecule is CC(C)(C)OC(=O)NCC1=NOC(COc2ccccc2-c2ccoc2)C1. The summed E-state index contributed by atoms with van der Waals surface area (Å²) in [6, 6.07) is 9.63. The summed E-state index contributed by atoms with van der Waals surface area (Å²) in [6.45, 7) is 6.10. The highest BCUT2D eigenvalue weighted by molar-refractivity contribution is 5.89. The van der Waals surface area contributed by atoms with Gasteiger partial charge < -0.3 is 24.0 Å². The maximum Gasteiger partial charge on any atom is 0.407 e. The average molecular weight is 372 g/mol. The summed E-state index contributed by atoms with van der Waals surface area (Å²) in [6.07, 6.45) is 3.22. The van der Waals surface area contributed by atoms with E-state index >= 15 is 0 Å². The van der Waals surface area contributed by atoms with Crippen LogP contribution in [0.15, 0.2) is 52.4 Å². The average Bonchev–Trinajstić information content (AvgIpc) is 3.29. The summed E-state index contributed by atoms with van der Waals surface area (Å²) in [5.41, 5.74) is 2.13. The molecule has 1 aliphatic heterocycles. The minimum absolute atomic E-state index is 0.196. The molecular weight excluding hydrogens is 348 g/mol. The van der Waals surface area contributed by atoms with Gasteiger partial charge in [0.2, 0.25) is 0 Å². The van der Waals surface area contributed by atoms with E-state index in [9.17, 15) is 4.79 Å². The zero-order chi connectivity index (χ0) is 19.3. The number of carbonyl (C=O) groups is 1. The molecule has 144 valence electrons. The largest absolute Gasteiger partial charge is 0.489 e. The first kappa shape index (κ1) is 18.8. The van der Waals surface area contributed by atoms with Crippen molar-refractivity contribution in [1.29, 1.82) is 0 Å². The maximum atomic E-state index is 11.7. The van der Waals surface area contributed by atoms with Gasteiger partial charge >= 0.3 is 6.09 Å². The van der Waals surface area contributed by atoms with Crippen molar-refractivity contribution < 1.29 is 23.5 Å². The molecule has 27 heavy (non-hydrogen) atoms. The Morgan fingerprint density at radius 3 is 2.85 bits per heavy atom. The van der Waals surface area contributed by atoms with E-state index in [0.717, 1.165) is 22.6 Å². The normalized spacial score (nSPS) is 16.4. The fourth-order valence-corrected chi connectivity index (χ4v) is 2.60. The van der Waals surface area contributed by atoms with Crippen LogP contribution in [0.4, 0.5) is 4.79 Å². The summed E-state index contributed by atoms with van der Waals surface area (Å²) in [4.78, 5) is 17.1. The van der Waals surface area contributed by atoms with Gasteiger partial charge in [-0.2, -0.15) is 0 Å². The minimum atomic E-state index is -0.531. The predicted octanol–water partition coefficient (Wildman–Crippen LogP) is 4.00. The van der Waals surface area contributed by atoms with E-state index in [0.29, 0.717) is 13.0 Å². The number of nitrogens with one attached hydrogen (secondary N) is 1. The smallest absolute Gasteiger partial charge is 0.407 e. The van der Waals surface area contributed by atoms with E-state index in [2.05, 4.69) is 10.5 Å². The highest BCUT2D eigenvalue weighted by Crippen LogP contribution is 2.30. The molecule has 1 aromatic carbocycles. The van der Waals surface area contributed by atoms with E-state index < -0.39 is 11.7 Å². The molecule has 2 heterocycles. The van der Waals surface area contributed by atoms with E-state index in [4.69, 9.17) is 18.7 Å². The highest BCUT2D eigenvalue weighted by atomic mass is 16.7. The fraction of sp³-hybridized carbons (Fsp3) is 0.400. The van der Waals surface area contributed by atoms with Gasteiger partial charge in [-0.3, -0.25) is 0 Å². The van der Waals surface area contributed by atoms with Gasteiger partial charge in [-0.15, -0.1) is 0 Å². The van der Waals surface area contributed by atoms with Crippen molar-refractivity contribution >= 4 is 11.8 Å². The Morgan fingerprint density at radius 1 is 1.30 bits per heavy atom. The molecule has 0 fully saturated rings. The number of hydrogen-bond acceptors (Lipinski definition) is 6. The van der Waals surface area contributed by atoms with Gasteiger partial charge in [-0.25, -0.2) is 4.79 Å². The van der Waals surface area contributed by atoms with Gasteiger partial charge in [0.1, 0.15) is 18.0 Å². The van der Waals surface area contributed by atoms with E-state index in [1.54, 1.807) is 12.5 Å². The van der Waals surface area contributed by atoms with Crippen LogP contribution in [0.1, 0.15) is 27.2 Å². The molecule has 2 aromatic rings. The van der Waals surface area contributed by atoms with Gasteiger partial charge in [0.25, 0.3) is 0 Å². The van der Waals surface area contributed by atoms with Gasteiger partial charge in [-0.05, 0) is 32.9 Å². The Balaban J connectivity index is 1.46. The molecule has 0 bridgehead atoms. The summed E-state index contributed by atoms with van der Waals surface area (Å²) in [5, 5.41) is 6.70. The monoisotopic (exact) mass is 372 g/mol. The number of alkyl carbamates (subject to hydrolysis) is 1. The van der Waals surface area contributed by atoms with Crippen molar-refractivity contribution in [1.82, 2.24) is 5.32 Å². The summed E-state index contributed by atoms with van der Waals surface area (Å²) in [5.74, 6) is 0.753. The van der Waals surface area contributed by atoms with Crippen molar-refractivity contribution in [3.63, 3.8) is 0 Å². The lowest BCUT2D eigenvalue weighted by Crippen LogP contribution is -2.35. The number of amides is 1. The zero-order valence-corrected chi connectivity index (χ0v) is 15.7. The number of rotatable bonds is 6. The number of oxime groups is 1. The standard InChI is InChI=1S/C20H24N2O5/c1-20(2,3)26-19(23)21-11-15-10-16(27-22-15)13-25-18-7-5-4-6-17(18)14-8-9-24-12-14/h4-9,12,16H,10-11,13H2,1-3H3,(H,21,23). The van der Waals surface area contributed by atoms with Crippen molar-refractivity contribution in [2.75, 3.05) is 13.2 Å². The first-order valence-corrected chi connectivity index (χ1v) is 8.83. The molecule has 1 unspecified atom stereocenters. The number of benzene rings is 1. The fourth-order valence-electron chi connectivity index (χ4n) is 2.60. The van der Waals surface area contributed by atoms with Crippen LogP contribution < -0.4 is 10.1 Å². The lowest BCUT2D eigenvalue weighted by molar-refractivity contribution is 0.0472. The second-order valence-corrected chi connectivity index (χ2v) is 7.26. The van der Waals surface area contributed by atoms with Crippen LogP contribution in [0.3, 0.4) is 0 Å². The van der Waals surface area contributed by atoms with Gasteiger partial charge in [0.05, 0.1) is 24.8 Å². The van der Waals surface area contributed by atoms with Gasteiger partial charge in [-0.1, -0.05) is 23.4 Å². The Kier molecular flexibility index (Phi) is 5.69. The molecule has 7 heteroatoms. The van der Waals surface area contributed by atoms with Crippen LogP contribution in [0.2, 0.25) is 0 Å². The Bertz CT molecular complexity index is 793. The summed E-state index contributed by atoms with van der Waals surface area (Å²) in [7, 11) is 0. The second kappa shape index (κ2) is 8.16. The number of carbonyl (C=O) groups excluding carboxylic acids is 1. The van der Waals surface area contributed by atoms with E-state index in [-0.39, 0.29) is 12.6 Å². The van der Waals surface area contributed by atoms with Crippen LogP contribution in [0, 0.1) is 0 Å². The van der Waals surface area contributed by atoms with Crippen molar-refractivity contribution in [2.45, 2.75) is 38.9 Å². The van der Waals surface area contributed by atoms with Crippen LogP contribution in [-0.4, -0.2) is 36.7 Å². The Hall–Kier alpha value is -2.96. The maximum absolute atomic E-state index is 11.7. The molecule has 0 radical (unpaired) electrons. The molecule has 0 saturated carbocycles. The van der Waals surface area contributed by atoms with E-state index in [1.807, 2.05) is 51.1 Å². The zero-order valence-electron chi connectivity index (χ0n) is 15.7. The second-order valence-electron chi connectivity index (χ2n) is 7.26. The Labute approximate surface area is 158 Å². The molecule has 1 N–H and O–H groups in total. The van der Waals surface area contributed by atoms with Crippen molar-refractivity contribution in [2.24, 2.45) is 5.16 Å². The number of para-hydroxylation sites is 1. The van der Waals surface area contributed by atoms with Gasteiger partial charge in [0, 0.05) is 17.5 Å². The first-order chi connectivity index (χ1) is 12.9. The lowest BCUT2D eigenvalue weighted by Gasteiger charge is -2.19. The third-order valence-electron chi connectivity index (χ3n) is 3.77. The molecule has 0 aliphatic carbocycles. The Morgan fingerprint density at radius 2 is 2.11 bits per heavy atom. The predicted molar refractivity (Wildman–Crippen MR) is 101 cm³/mol. The summed E-state index contributed by atoms with van der Waals surface area (Å²) < 4.78 is 16.3. The molecule has 1 amide bonds. The number of hydrogen-bond donors (Lipinski definition) is 1. The van der Waals surface area contributed by atoms with Crippen LogP contribution in [0.5, 0.6) is 5.75 Å².